The number of hydrogen-bond acceptors (Lipinski definition) is 5. The van der Waals surface area contributed by atoms with Gasteiger partial charge in [0.1, 0.15) is 5.15 Å². The molecule has 0 fully saturated rings. The first-order chi connectivity index (χ1) is 13.9. The lowest BCUT2D eigenvalue weighted by Crippen LogP contribution is -2.17. The Labute approximate surface area is 176 Å². The van der Waals surface area contributed by atoms with Gasteiger partial charge >= 0.3 is 5.97 Å². The molecule has 0 spiro atoms. The van der Waals surface area contributed by atoms with Crippen LogP contribution in [0.25, 0.3) is 5.57 Å². The number of nitrogens with zero attached hydrogens (tertiary/aromatic N) is 3. The van der Waals surface area contributed by atoms with Gasteiger partial charge in [-0.3, -0.25) is 0 Å². The number of nitriles is 1. The molecular formula is C23H24ClN3O2. The molecule has 0 N–H and O–H groups in total. The number of pyridine rings is 1. The van der Waals surface area contributed by atoms with Crippen LogP contribution in [-0.4, -0.2) is 29.5 Å². The maximum Gasteiger partial charge on any atom is 0.341 e. The van der Waals surface area contributed by atoms with Gasteiger partial charge in [-0.05, 0) is 50.1 Å². The number of carbonyl (C=O) groups excluding carboxylic acids is 1. The summed E-state index contributed by atoms with van der Waals surface area (Å²) < 4.78 is 5.04. The summed E-state index contributed by atoms with van der Waals surface area (Å²) in [4.78, 5) is 18.3. The summed E-state index contributed by atoms with van der Waals surface area (Å²) in [5, 5.41) is 9.15. The normalized spacial score (nSPS) is 11.7. The summed E-state index contributed by atoms with van der Waals surface area (Å²) in [5.41, 5.74) is 4.85. The van der Waals surface area contributed by atoms with Crippen LogP contribution in [0.2, 0.25) is 5.15 Å². The van der Waals surface area contributed by atoms with Crippen molar-refractivity contribution in [1.82, 2.24) is 9.88 Å². The van der Waals surface area contributed by atoms with Gasteiger partial charge in [-0.15, -0.1) is 0 Å². The zero-order valence-corrected chi connectivity index (χ0v) is 17.8. The summed E-state index contributed by atoms with van der Waals surface area (Å²) in [7, 11) is 1.97. The first-order valence-electron chi connectivity index (χ1n) is 9.28. The van der Waals surface area contributed by atoms with Crippen LogP contribution in [0.15, 0.2) is 54.4 Å². The molecule has 0 aliphatic rings. The summed E-state index contributed by atoms with van der Waals surface area (Å²) >= 11 is 6.06. The number of aromatic nitrogens is 1. The maximum atomic E-state index is 12.1. The van der Waals surface area contributed by atoms with E-state index in [1.165, 1.54) is 0 Å². The minimum atomic E-state index is -0.478. The van der Waals surface area contributed by atoms with E-state index in [4.69, 9.17) is 21.6 Å². The van der Waals surface area contributed by atoms with Crippen molar-refractivity contribution in [2.75, 3.05) is 13.7 Å². The van der Waals surface area contributed by atoms with Crippen molar-refractivity contribution in [2.45, 2.75) is 27.3 Å². The van der Waals surface area contributed by atoms with Crippen molar-refractivity contribution in [3.05, 3.63) is 81.8 Å². The lowest BCUT2D eigenvalue weighted by Gasteiger charge is -2.23. The number of esters is 1. The van der Waals surface area contributed by atoms with Crippen LogP contribution < -0.4 is 0 Å². The van der Waals surface area contributed by atoms with Crippen molar-refractivity contribution in [2.24, 2.45) is 0 Å². The Balaban J connectivity index is 2.33. The second kappa shape index (κ2) is 10.4. The predicted molar refractivity (Wildman–Crippen MR) is 115 cm³/mol. The van der Waals surface area contributed by atoms with E-state index in [1.807, 2.05) is 45.2 Å². The molecule has 1 heterocycles. The zero-order chi connectivity index (χ0) is 21.4. The Kier molecular flexibility index (Phi) is 7.99. The van der Waals surface area contributed by atoms with Crippen molar-refractivity contribution < 1.29 is 9.53 Å². The standard InChI is InChI=1S/C23H24ClN3O2/c1-5-7-20(19-10-8-17(13-25)9-11-19)16(3)27(4)15-18-12-21(22(24)26-14-18)23(28)29-6-2/h5,7-12,14H,6,15H2,1-4H3/b7-5+,20-16+. The molecule has 0 amide bonds. The monoisotopic (exact) mass is 409 g/mol. The van der Waals surface area contributed by atoms with E-state index in [9.17, 15) is 4.79 Å². The quantitative estimate of drug-likeness (QED) is 0.356. The molecule has 0 bridgehead atoms. The molecule has 2 rings (SSSR count). The van der Waals surface area contributed by atoms with E-state index in [2.05, 4.69) is 16.0 Å². The molecular weight excluding hydrogens is 386 g/mol. The summed E-state index contributed by atoms with van der Waals surface area (Å²) in [6.07, 6.45) is 5.68. The zero-order valence-electron chi connectivity index (χ0n) is 17.1. The molecule has 0 radical (unpaired) electrons. The number of rotatable bonds is 7. The smallest absolute Gasteiger partial charge is 0.341 e. The molecule has 6 heteroatoms. The molecule has 1 aromatic heterocycles. The number of halogens is 1. The fraction of sp³-hybridized carbons (Fsp3) is 0.261. The second-order valence-electron chi connectivity index (χ2n) is 6.45. The van der Waals surface area contributed by atoms with E-state index in [-0.39, 0.29) is 17.3 Å². The van der Waals surface area contributed by atoms with E-state index >= 15 is 0 Å². The first-order valence-corrected chi connectivity index (χ1v) is 9.65. The van der Waals surface area contributed by atoms with Gasteiger partial charge in [-0.1, -0.05) is 35.9 Å². The van der Waals surface area contributed by atoms with Crippen molar-refractivity contribution in [3.8, 4) is 6.07 Å². The van der Waals surface area contributed by atoms with Crippen LogP contribution in [-0.2, 0) is 11.3 Å². The Hall–Kier alpha value is -3.10. The lowest BCUT2D eigenvalue weighted by atomic mass is 10.0. The van der Waals surface area contributed by atoms with E-state index < -0.39 is 5.97 Å². The van der Waals surface area contributed by atoms with Crippen molar-refractivity contribution in [1.29, 1.82) is 5.26 Å². The lowest BCUT2D eigenvalue weighted by molar-refractivity contribution is 0.0526. The summed E-state index contributed by atoms with van der Waals surface area (Å²) in [6, 6.07) is 11.3. The minimum absolute atomic E-state index is 0.134. The Morgan fingerprint density at radius 1 is 1.34 bits per heavy atom. The molecule has 0 atom stereocenters. The molecule has 0 aliphatic heterocycles. The highest BCUT2D eigenvalue weighted by Crippen LogP contribution is 2.24. The van der Waals surface area contributed by atoms with E-state index in [1.54, 1.807) is 31.3 Å². The van der Waals surface area contributed by atoms with Gasteiger partial charge in [0.25, 0.3) is 0 Å². The van der Waals surface area contributed by atoms with Gasteiger partial charge in [-0.2, -0.15) is 5.26 Å². The number of ether oxygens (including phenoxy) is 1. The second-order valence-corrected chi connectivity index (χ2v) is 6.80. The van der Waals surface area contributed by atoms with Gasteiger partial charge in [-0.25, -0.2) is 9.78 Å². The van der Waals surface area contributed by atoms with Crippen LogP contribution in [0.3, 0.4) is 0 Å². The molecule has 1 aromatic carbocycles. The largest absolute Gasteiger partial charge is 0.462 e. The molecule has 29 heavy (non-hydrogen) atoms. The van der Waals surface area contributed by atoms with Crippen LogP contribution in [0, 0.1) is 11.3 Å². The predicted octanol–water partition coefficient (Wildman–Crippen LogP) is 5.22. The van der Waals surface area contributed by atoms with Crippen LogP contribution in [0.5, 0.6) is 0 Å². The maximum absolute atomic E-state index is 12.1. The van der Waals surface area contributed by atoms with Gasteiger partial charge in [0.2, 0.25) is 0 Å². The Bertz CT molecular complexity index is 973. The SMILES string of the molecule is C/C=C/C(=C(/C)N(C)Cc1cnc(Cl)c(C(=O)OCC)c1)c1ccc(C#N)cc1. The Morgan fingerprint density at radius 2 is 2.03 bits per heavy atom. The molecule has 5 nitrogen and oxygen atoms in total. The fourth-order valence-corrected chi connectivity index (χ4v) is 3.03. The van der Waals surface area contributed by atoms with Gasteiger partial charge in [0, 0.05) is 31.1 Å². The van der Waals surface area contributed by atoms with E-state index in [0.717, 1.165) is 22.4 Å². The number of hydrogen-bond donors (Lipinski definition) is 0. The van der Waals surface area contributed by atoms with Crippen molar-refractivity contribution in [3.63, 3.8) is 0 Å². The minimum Gasteiger partial charge on any atom is -0.462 e. The Morgan fingerprint density at radius 3 is 2.62 bits per heavy atom. The van der Waals surface area contributed by atoms with Gasteiger partial charge < -0.3 is 9.64 Å². The molecule has 0 aliphatic carbocycles. The third-order valence-corrected chi connectivity index (χ3v) is 4.73. The van der Waals surface area contributed by atoms with Gasteiger partial charge in [0.15, 0.2) is 0 Å². The van der Waals surface area contributed by atoms with Crippen LogP contribution in [0.4, 0.5) is 0 Å². The topological polar surface area (TPSA) is 66.2 Å². The molecule has 0 saturated carbocycles. The molecule has 0 unspecified atom stereocenters. The molecule has 150 valence electrons. The average molecular weight is 410 g/mol. The average Bonchev–Trinajstić information content (AvgIpc) is 2.73. The fourth-order valence-electron chi connectivity index (χ4n) is 2.84. The number of benzene rings is 1. The third kappa shape index (κ3) is 5.69. The summed E-state index contributed by atoms with van der Waals surface area (Å²) in [5.74, 6) is -0.478. The third-order valence-electron chi connectivity index (χ3n) is 4.43. The molecule has 0 saturated heterocycles. The highest BCUT2D eigenvalue weighted by atomic mass is 35.5. The molecule has 2 aromatic rings. The summed E-state index contributed by atoms with van der Waals surface area (Å²) in [6.45, 7) is 6.56. The first kappa shape index (κ1) is 22.2. The van der Waals surface area contributed by atoms with Crippen LogP contribution >= 0.6 is 11.6 Å². The van der Waals surface area contributed by atoms with Crippen LogP contribution in [0.1, 0.15) is 47.8 Å². The van der Waals surface area contributed by atoms with E-state index in [0.29, 0.717) is 12.1 Å². The van der Waals surface area contributed by atoms with Crippen molar-refractivity contribution >= 4 is 23.1 Å². The highest BCUT2D eigenvalue weighted by molar-refractivity contribution is 6.32. The number of carbonyl (C=O) groups is 1. The highest BCUT2D eigenvalue weighted by Gasteiger charge is 2.15. The number of allylic oxidation sites excluding steroid dienone is 4. The van der Waals surface area contributed by atoms with Gasteiger partial charge in [0.05, 0.1) is 23.8 Å².